The summed E-state index contributed by atoms with van der Waals surface area (Å²) in [5.74, 6) is 0.875. The van der Waals surface area contributed by atoms with Gasteiger partial charge in [0.15, 0.2) is 0 Å². The minimum absolute atomic E-state index is 0.0257. The zero-order valence-corrected chi connectivity index (χ0v) is 14.7. The van der Waals surface area contributed by atoms with Crippen LogP contribution in [0.2, 0.25) is 0 Å². The van der Waals surface area contributed by atoms with Crippen LogP contribution in [0.3, 0.4) is 0 Å². The second kappa shape index (κ2) is 7.77. The van der Waals surface area contributed by atoms with Crippen LogP contribution in [-0.2, 0) is 14.8 Å². The zero-order valence-electron chi connectivity index (χ0n) is 13.9. The lowest BCUT2D eigenvalue weighted by molar-refractivity contribution is -0.127. The molecule has 0 unspecified atom stereocenters. The number of carbonyl (C=O) groups excluding carboxylic acids is 1. The molecular weight excluding hydrogens is 300 g/mol. The Morgan fingerprint density at radius 1 is 1.14 bits per heavy atom. The summed E-state index contributed by atoms with van der Waals surface area (Å²) in [4.78, 5) is 12.4. The van der Waals surface area contributed by atoms with Crippen LogP contribution in [0.5, 0.6) is 0 Å². The Morgan fingerprint density at radius 2 is 1.77 bits per heavy atom. The number of piperidine rings is 1. The summed E-state index contributed by atoms with van der Waals surface area (Å²) < 4.78 is 25.7. The number of carbonyl (C=O) groups is 1. The number of nitrogens with one attached hydrogen (secondary N) is 1. The summed E-state index contributed by atoms with van der Waals surface area (Å²) in [6.07, 6.45) is 6.67. The van der Waals surface area contributed by atoms with Gasteiger partial charge in [-0.15, -0.1) is 0 Å². The Kier molecular flexibility index (Phi) is 6.26. The first-order valence-corrected chi connectivity index (χ1v) is 10.3. The van der Waals surface area contributed by atoms with Crippen molar-refractivity contribution in [3.63, 3.8) is 0 Å². The Balaban J connectivity index is 1.82. The lowest BCUT2D eigenvalue weighted by atomic mass is 9.85. The van der Waals surface area contributed by atoms with Crippen molar-refractivity contribution in [2.24, 2.45) is 11.8 Å². The van der Waals surface area contributed by atoms with Gasteiger partial charge in [0, 0.05) is 25.0 Å². The predicted octanol–water partition coefficient (Wildman–Crippen LogP) is 2.13. The molecule has 2 atom stereocenters. The van der Waals surface area contributed by atoms with Crippen molar-refractivity contribution < 1.29 is 13.2 Å². The molecule has 0 spiro atoms. The van der Waals surface area contributed by atoms with Gasteiger partial charge < -0.3 is 5.32 Å². The quantitative estimate of drug-likeness (QED) is 0.840. The van der Waals surface area contributed by atoms with Gasteiger partial charge in [-0.2, -0.15) is 0 Å². The lowest BCUT2D eigenvalue weighted by Gasteiger charge is -2.34. The first-order valence-electron chi connectivity index (χ1n) is 8.72. The van der Waals surface area contributed by atoms with Crippen LogP contribution in [0.4, 0.5) is 0 Å². The van der Waals surface area contributed by atoms with E-state index in [-0.39, 0.29) is 17.6 Å². The van der Waals surface area contributed by atoms with Crippen LogP contribution >= 0.6 is 0 Å². The number of hydrogen-bond donors (Lipinski definition) is 1. The van der Waals surface area contributed by atoms with E-state index < -0.39 is 10.0 Å². The maximum atomic E-state index is 12.4. The van der Waals surface area contributed by atoms with E-state index in [2.05, 4.69) is 12.2 Å². The largest absolute Gasteiger partial charge is 0.353 e. The maximum Gasteiger partial charge on any atom is 0.223 e. The van der Waals surface area contributed by atoms with Crippen molar-refractivity contribution in [2.75, 3.05) is 18.8 Å². The molecule has 1 heterocycles. The third kappa shape index (κ3) is 4.44. The molecule has 1 aliphatic carbocycles. The van der Waals surface area contributed by atoms with E-state index in [1.165, 1.54) is 19.3 Å². The van der Waals surface area contributed by atoms with Crippen LogP contribution in [0.15, 0.2) is 0 Å². The molecule has 1 aliphatic heterocycles. The van der Waals surface area contributed by atoms with Gasteiger partial charge in [0.1, 0.15) is 0 Å². The Labute approximate surface area is 134 Å². The van der Waals surface area contributed by atoms with Gasteiger partial charge in [0.05, 0.1) is 5.75 Å². The molecule has 2 aliphatic rings. The second-order valence-corrected chi connectivity index (χ2v) is 8.95. The predicted molar refractivity (Wildman–Crippen MR) is 87.9 cm³/mol. The molecule has 128 valence electrons. The molecule has 0 aromatic rings. The molecule has 0 aromatic carbocycles. The fraction of sp³-hybridized carbons (Fsp3) is 0.938. The van der Waals surface area contributed by atoms with E-state index in [0.717, 1.165) is 6.42 Å². The standard InChI is InChI=1S/C16H30N2O3S/c1-3-12-22(20,21)18-10-8-14(9-11-18)16(19)17-15-7-5-4-6-13(15)2/h13-15H,3-12H2,1-2H3,(H,17,19)/t13-,15-/m0/s1. The number of sulfonamides is 1. The first-order chi connectivity index (χ1) is 10.4. The van der Waals surface area contributed by atoms with Gasteiger partial charge in [0.2, 0.25) is 15.9 Å². The summed E-state index contributed by atoms with van der Waals surface area (Å²) >= 11 is 0. The van der Waals surface area contributed by atoms with E-state index >= 15 is 0 Å². The SMILES string of the molecule is CCCS(=O)(=O)N1CCC(C(=O)N[C@H]2CCCC[C@@H]2C)CC1. The van der Waals surface area contributed by atoms with Crippen LogP contribution in [0, 0.1) is 11.8 Å². The highest BCUT2D eigenvalue weighted by Crippen LogP contribution is 2.25. The Morgan fingerprint density at radius 3 is 2.36 bits per heavy atom. The Bertz CT molecular complexity index is 470. The van der Waals surface area contributed by atoms with E-state index in [1.807, 2.05) is 6.92 Å². The average Bonchev–Trinajstić information content (AvgIpc) is 2.49. The number of rotatable bonds is 5. The molecule has 1 N–H and O–H groups in total. The third-order valence-corrected chi connectivity index (χ3v) is 7.20. The normalized spacial score (nSPS) is 28.5. The van der Waals surface area contributed by atoms with Gasteiger partial charge in [-0.1, -0.05) is 26.7 Å². The molecular formula is C16H30N2O3S. The summed E-state index contributed by atoms with van der Waals surface area (Å²) in [5.41, 5.74) is 0. The third-order valence-electron chi connectivity index (χ3n) is 5.12. The molecule has 1 saturated carbocycles. The van der Waals surface area contributed by atoms with Gasteiger partial charge in [-0.3, -0.25) is 4.79 Å². The van der Waals surface area contributed by atoms with Gasteiger partial charge >= 0.3 is 0 Å². The fourth-order valence-corrected chi connectivity index (χ4v) is 5.16. The first kappa shape index (κ1) is 17.7. The molecule has 6 heteroatoms. The van der Waals surface area contributed by atoms with Gasteiger partial charge in [0.25, 0.3) is 0 Å². The zero-order chi connectivity index (χ0) is 16.2. The highest BCUT2D eigenvalue weighted by molar-refractivity contribution is 7.89. The smallest absolute Gasteiger partial charge is 0.223 e. The summed E-state index contributed by atoms with van der Waals surface area (Å²) in [7, 11) is -3.12. The van der Waals surface area contributed by atoms with Crippen LogP contribution < -0.4 is 5.32 Å². The average molecular weight is 330 g/mol. The lowest BCUT2D eigenvalue weighted by Crippen LogP contribution is -2.47. The van der Waals surface area contributed by atoms with Crippen molar-refractivity contribution >= 4 is 15.9 Å². The van der Waals surface area contributed by atoms with Crippen molar-refractivity contribution in [2.45, 2.75) is 64.8 Å². The highest BCUT2D eigenvalue weighted by Gasteiger charge is 2.32. The van der Waals surface area contributed by atoms with Crippen LogP contribution in [-0.4, -0.2) is 43.5 Å². The van der Waals surface area contributed by atoms with Crippen molar-refractivity contribution in [1.82, 2.24) is 9.62 Å². The summed E-state index contributed by atoms with van der Waals surface area (Å²) in [5, 5.41) is 3.21. The van der Waals surface area contributed by atoms with Gasteiger partial charge in [-0.05, 0) is 38.0 Å². The molecule has 2 rings (SSSR count). The maximum absolute atomic E-state index is 12.4. The van der Waals surface area contributed by atoms with Crippen molar-refractivity contribution in [1.29, 1.82) is 0 Å². The van der Waals surface area contributed by atoms with Crippen LogP contribution in [0.1, 0.15) is 58.8 Å². The van der Waals surface area contributed by atoms with Gasteiger partial charge in [-0.25, -0.2) is 12.7 Å². The Hall–Kier alpha value is -0.620. The van der Waals surface area contributed by atoms with Crippen molar-refractivity contribution in [3.05, 3.63) is 0 Å². The van der Waals surface area contributed by atoms with E-state index in [4.69, 9.17) is 0 Å². The molecule has 22 heavy (non-hydrogen) atoms. The molecule has 0 aromatic heterocycles. The number of hydrogen-bond acceptors (Lipinski definition) is 3. The van der Waals surface area contributed by atoms with E-state index in [9.17, 15) is 13.2 Å². The summed E-state index contributed by atoms with van der Waals surface area (Å²) in [6.45, 7) is 5.06. The van der Waals surface area contributed by atoms with E-state index in [1.54, 1.807) is 4.31 Å². The molecule has 2 fully saturated rings. The number of amides is 1. The number of nitrogens with zero attached hydrogens (tertiary/aromatic N) is 1. The molecule has 5 nitrogen and oxygen atoms in total. The second-order valence-electron chi connectivity index (χ2n) is 6.87. The molecule has 1 amide bonds. The fourth-order valence-electron chi connectivity index (χ4n) is 3.61. The monoisotopic (exact) mass is 330 g/mol. The topological polar surface area (TPSA) is 66.5 Å². The molecule has 0 bridgehead atoms. The minimum atomic E-state index is -3.12. The van der Waals surface area contributed by atoms with Crippen molar-refractivity contribution in [3.8, 4) is 0 Å². The molecule has 1 saturated heterocycles. The highest BCUT2D eigenvalue weighted by atomic mass is 32.2. The van der Waals surface area contributed by atoms with Crippen LogP contribution in [0.25, 0.3) is 0 Å². The van der Waals surface area contributed by atoms with E-state index in [0.29, 0.717) is 44.3 Å². The summed E-state index contributed by atoms with van der Waals surface area (Å²) in [6, 6.07) is 0.308. The minimum Gasteiger partial charge on any atom is -0.353 e. The molecule has 0 radical (unpaired) electrons.